The van der Waals surface area contributed by atoms with E-state index in [-0.39, 0.29) is 6.04 Å². The molecule has 0 bridgehead atoms. The third kappa shape index (κ3) is 3.47. The molecule has 0 saturated carbocycles. The molecule has 19 heavy (non-hydrogen) atoms. The fourth-order valence-electron chi connectivity index (χ4n) is 2.00. The summed E-state index contributed by atoms with van der Waals surface area (Å²) >= 11 is 0. The number of nitrogens with zero attached hydrogens (tertiary/aromatic N) is 1. The second kappa shape index (κ2) is 6.23. The summed E-state index contributed by atoms with van der Waals surface area (Å²) in [5.74, 6) is 0.916. The summed E-state index contributed by atoms with van der Waals surface area (Å²) in [6.45, 7) is 6.90. The maximum Gasteiger partial charge on any atom is 0.119 e. The number of aryl methyl sites for hydroxylation is 1. The monoisotopic (exact) mass is 256 g/mol. The van der Waals surface area contributed by atoms with Gasteiger partial charge in [0, 0.05) is 18.1 Å². The second-order valence-corrected chi connectivity index (χ2v) is 4.56. The molecule has 1 N–H and O–H groups in total. The van der Waals surface area contributed by atoms with E-state index in [0.717, 1.165) is 11.4 Å². The van der Waals surface area contributed by atoms with Gasteiger partial charge in [0.15, 0.2) is 0 Å². The van der Waals surface area contributed by atoms with E-state index in [1.807, 2.05) is 25.3 Å². The minimum absolute atomic E-state index is 0.227. The molecular weight excluding hydrogens is 236 g/mol. The number of nitrogens with one attached hydrogen (secondary N) is 1. The Morgan fingerprint density at radius 1 is 1.32 bits per heavy atom. The highest BCUT2D eigenvalue weighted by Gasteiger charge is 2.07. The number of aromatic nitrogens is 1. The Morgan fingerprint density at radius 3 is 2.79 bits per heavy atom. The van der Waals surface area contributed by atoms with Gasteiger partial charge in [0.1, 0.15) is 5.75 Å². The van der Waals surface area contributed by atoms with Crippen LogP contribution in [0.4, 0.5) is 5.69 Å². The van der Waals surface area contributed by atoms with Gasteiger partial charge in [-0.15, -0.1) is 0 Å². The average molecular weight is 256 g/mol. The van der Waals surface area contributed by atoms with Gasteiger partial charge in [-0.05, 0) is 56.2 Å². The molecular formula is C16H20N2O. The van der Waals surface area contributed by atoms with Crippen LogP contribution in [-0.2, 0) is 0 Å². The van der Waals surface area contributed by atoms with E-state index in [4.69, 9.17) is 4.74 Å². The van der Waals surface area contributed by atoms with E-state index in [2.05, 4.69) is 42.3 Å². The number of ether oxygens (including phenoxy) is 1. The number of hydrogen-bond donors (Lipinski definition) is 1. The number of benzene rings is 1. The molecule has 100 valence electrons. The molecule has 0 aliphatic carbocycles. The lowest BCUT2D eigenvalue weighted by Gasteiger charge is -2.17. The van der Waals surface area contributed by atoms with Gasteiger partial charge in [0.05, 0.1) is 12.6 Å². The van der Waals surface area contributed by atoms with Crippen LogP contribution < -0.4 is 10.1 Å². The maximum atomic E-state index is 5.49. The van der Waals surface area contributed by atoms with Gasteiger partial charge in [-0.2, -0.15) is 0 Å². The summed E-state index contributed by atoms with van der Waals surface area (Å²) in [6, 6.07) is 10.4. The summed E-state index contributed by atoms with van der Waals surface area (Å²) in [5, 5.41) is 3.50. The molecule has 1 heterocycles. The molecule has 0 aliphatic rings. The van der Waals surface area contributed by atoms with Crippen LogP contribution in [0.1, 0.15) is 31.0 Å². The topological polar surface area (TPSA) is 34.1 Å². The van der Waals surface area contributed by atoms with E-state index >= 15 is 0 Å². The largest absolute Gasteiger partial charge is 0.494 e. The highest BCUT2D eigenvalue weighted by molar-refractivity contribution is 5.54. The molecule has 0 fully saturated rings. The lowest BCUT2D eigenvalue weighted by molar-refractivity contribution is 0.340. The minimum atomic E-state index is 0.227. The fraction of sp³-hybridized carbons (Fsp3) is 0.312. The van der Waals surface area contributed by atoms with E-state index < -0.39 is 0 Å². The third-order valence-corrected chi connectivity index (χ3v) is 3.07. The summed E-state index contributed by atoms with van der Waals surface area (Å²) in [6.07, 6.45) is 3.68. The van der Waals surface area contributed by atoms with Crippen molar-refractivity contribution in [3.8, 4) is 5.75 Å². The lowest BCUT2D eigenvalue weighted by Crippen LogP contribution is -2.08. The van der Waals surface area contributed by atoms with Crippen LogP contribution in [0.25, 0.3) is 0 Å². The van der Waals surface area contributed by atoms with Gasteiger partial charge >= 0.3 is 0 Å². The standard InChI is InChI=1S/C16H20N2O/c1-4-19-15-7-8-16(12(2)10-15)18-13(3)14-6-5-9-17-11-14/h5-11,13,18H,4H2,1-3H3. The van der Waals surface area contributed by atoms with Crippen molar-refractivity contribution in [2.45, 2.75) is 26.8 Å². The van der Waals surface area contributed by atoms with Gasteiger partial charge in [-0.25, -0.2) is 0 Å². The van der Waals surface area contributed by atoms with Crippen molar-refractivity contribution in [2.75, 3.05) is 11.9 Å². The van der Waals surface area contributed by atoms with Crippen molar-refractivity contribution in [3.63, 3.8) is 0 Å². The first-order valence-electron chi connectivity index (χ1n) is 6.60. The Hall–Kier alpha value is -2.03. The molecule has 3 nitrogen and oxygen atoms in total. The van der Waals surface area contributed by atoms with E-state index in [1.54, 1.807) is 6.20 Å². The molecule has 0 radical (unpaired) electrons. The lowest BCUT2D eigenvalue weighted by atomic mass is 10.1. The summed E-state index contributed by atoms with van der Waals surface area (Å²) in [7, 11) is 0. The van der Waals surface area contributed by atoms with Crippen LogP contribution in [0.5, 0.6) is 5.75 Å². The molecule has 1 aromatic carbocycles. The zero-order valence-corrected chi connectivity index (χ0v) is 11.7. The van der Waals surface area contributed by atoms with Crippen molar-refractivity contribution in [3.05, 3.63) is 53.9 Å². The molecule has 2 aromatic rings. The fourth-order valence-corrected chi connectivity index (χ4v) is 2.00. The Morgan fingerprint density at radius 2 is 2.16 bits per heavy atom. The zero-order valence-electron chi connectivity index (χ0n) is 11.7. The van der Waals surface area contributed by atoms with Gasteiger partial charge in [-0.1, -0.05) is 6.07 Å². The molecule has 1 unspecified atom stereocenters. The average Bonchev–Trinajstić information content (AvgIpc) is 2.43. The summed E-state index contributed by atoms with van der Waals surface area (Å²) < 4.78 is 5.49. The number of hydrogen-bond acceptors (Lipinski definition) is 3. The highest BCUT2D eigenvalue weighted by atomic mass is 16.5. The molecule has 0 aliphatic heterocycles. The normalized spacial score (nSPS) is 11.9. The Bertz CT molecular complexity index is 526. The van der Waals surface area contributed by atoms with Crippen molar-refractivity contribution in [2.24, 2.45) is 0 Å². The predicted molar refractivity (Wildman–Crippen MR) is 78.6 cm³/mol. The Labute approximate surface area is 114 Å². The Kier molecular flexibility index (Phi) is 4.39. The molecule has 0 amide bonds. The van der Waals surface area contributed by atoms with Gasteiger partial charge < -0.3 is 10.1 Å². The van der Waals surface area contributed by atoms with E-state index in [0.29, 0.717) is 6.61 Å². The van der Waals surface area contributed by atoms with Crippen LogP contribution in [0.3, 0.4) is 0 Å². The van der Waals surface area contributed by atoms with Crippen molar-refractivity contribution >= 4 is 5.69 Å². The number of pyridine rings is 1. The first-order valence-corrected chi connectivity index (χ1v) is 6.60. The zero-order chi connectivity index (χ0) is 13.7. The third-order valence-electron chi connectivity index (χ3n) is 3.07. The molecule has 1 atom stereocenters. The molecule has 1 aromatic heterocycles. The molecule has 2 rings (SSSR count). The van der Waals surface area contributed by atoms with Gasteiger partial charge in [-0.3, -0.25) is 4.98 Å². The first kappa shape index (κ1) is 13.4. The number of anilines is 1. The van der Waals surface area contributed by atoms with Crippen LogP contribution in [0.2, 0.25) is 0 Å². The Balaban J connectivity index is 2.11. The van der Waals surface area contributed by atoms with E-state index in [9.17, 15) is 0 Å². The van der Waals surface area contributed by atoms with Crippen LogP contribution in [0.15, 0.2) is 42.7 Å². The van der Waals surface area contributed by atoms with Gasteiger partial charge in [0.25, 0.3) is 0 Å². The smallest absolute Gasteiger partial charge is 0.119 e. The SMILES string of the molecule is CCOc1ccc(NC(C)c2cccnc2)c(C)c1. The van der Waals surface area contributed by atoms with Gasteiger partial charge in [0.2, 0.25) is 0 Å². The van der Waals surface area contributed by atoms with Crippen molar-refractivity contribution in [1.82, 2.24) is 4.98 Å². The first-order chi connectivity index (χ1) is 9.20. The second-order valence-electron chi connectivity index (χ2n) is 4.56. The van der Waals surface area contributed by atoms with Crippen LogP contribution in [-0.4, -0.2) is 11.6 Å². The van der Waals surface area contributed by atoms with Crippen LogP contribution >= 0.6 is 0 Å². The summed E-state index contributed by atoms with van der Waals surface area (Å²) in [5.41, 5.74) is 3.48. The quantitative estimate of drug-likeness (QED) is 0.879. The molecule has 3 heteroatoms. The predicted octanol–water partition coefficient (Wildman–Crippen LogP) is 3.96. The van der Waals surface area contributed by atoms with Crippen molar-refractivity contribution < 1.29 is 4.74 Å². The molecule has 0 saturated heterocycles. The minimum Gasteiger partial charge on any atom is -0.494 e. The molecule has 0 spiro atoms. The van der Waals surface area contributed by atoms with Crippen molar-refractivity contribution in [1.29, 1.82) is 0 Å². The van der Waals surface area contributed by atoms with Crippen LogP contribution in [0, 0.1) is 6.92 Å². The number of rotatable bonds is 5. The summed E-state index contributed by atoms with van der Waals surface area (Å²) in [4.78, 5) is 4.15. The highest BCUT2D eigenvalue weighted by Crippen LogP contribution is 2.25. The maximum absolute atomic E-state index is 5.49. The van der Waals surface area contributed by atoms with E-state index in [1.165, 1.54) is 11.1 Å².